The summed E-state index contributed by atoms with van der Waals surface area (Å²) < 4.78 is 0. The van der Waals surface area contributed by atoms with Crippen LogP contribution < -0.4 is 10.2 Å². The molecule has 0 atom stereocenters. The highest BCUT2D eigenvalue weighted by Gasteiger charge is 2.24. The van der Waals surface area contributed by atoms with Crippen molar-refractivity contribution in [3.8, 4) is 0 Å². The fourth-order valence-corrected chi connectivity index (χ4v) is 3.64. The van der Waals surface area contributed by atoms with Crippen LogP contribution in [0.1, 0.15) is 29.7 Å². The van der Waals surface area contributed by atoms with Gasteiger partial charge < -0.3 is 5.32 Å². The molecule has 2 amide bonds. The molecule has 0 radical (unpaired) electrons. The lowest BCUT2D eigenvalue weighted by Crippen LogP contribution is -2.23. The first-order valence-corrected chi connectivity index (χ1v) is 8.52. The largest absolute Gasteiger partial charge is 0.326 e. The fourth-order valence-electron chi connectivity index (χ4n) is 2.77. The van der Waals surface area contributed by atoms with E-state index in [0.717, 1.165) is 29.8 Å². The quantitative estimate of drug-likeness (QED) is 0.937. The first-order valence-electron chi connectivity index (χ1n) is 7.64. The summed E-state index contributed by atoms with van der Waals surface area (Å²) in [6.07, 6.45) is 1.68. The molecule has 1 fully saturated rings. The summed E-state index contributed by atoms with van der Waals surface area (Å²) in [5.41, 5.74) is 3.73. The van der Waals surface area contributed by atoms with Crippen LogP contribution in [0.15, 0.2) is 23.6 Å². The molecule has 0 bridgehead atoms. The van der Waals surface area contributed by atoms with Gasteiger partial charge in [0.25, 0.3) is 0 Å². The van der Waals surface area contributed by atoms with Gasteiger partial charge in [-0.25, -0.2) is 4.98 Å². The number of thiazole rings is 1. The maximum Gasteiger partial charge on any atom is 0.230 e. The fraction of sp³-hybridized carbons (Fsp3) is 0.353. The summed E-state index contributed by atoms with van der Waals surface area (Å²) in [5, 5.41) is 5.45. The van der Waals surface area contributed by atoms with E-state index < -0.39 is 0 Å². The van der Waals surface area contributed by atoms with E-state index in [4.69, 9.17) is 0 Å². The molecule has 0 saturated carbocycles. The van der Waals surface area contributed by atoms with Crippen molar-refractivity contribution in [1.29, 1.82) is 0 Å². The zero-order chi connectivity index (χ0) is 16.4. The van der Waals surface area contributed by atoms with Crippen LogP contribution >= 0.6 is 11.3 Å². The van der Waals surface area contributed by atoms with Crippen LogP contribution in [0, 0.1) is 13.8 Å². The van der Waals surface area contributed by atoms with Gasteiger partial charge in [-0.1, -0.05) is 6.07 Å². The second-order valence-electron chi connectivity index (χ2n) is 5.87. The SMILES string of the molecule is Cc1cc(C)cc(NC(=O)Cc2csc(N3CCCC3=O)n2)c1. The molecule has 120 valence electrons. The molecule has 3 rings (SSSR count). The van der Waals surface area contributed by atoms with E-state index in [0.29, 0.717) is 17.2 Å². The maximum absolute atomic E-state index is 12.2. The van der Waals surface area contributed by atoms with Gasteiger partial charge in [0.05, 0.1) is 12.1 Å². The van der Waals surface area contributed by atoms with Crippen LogP contribution in [0.3, 0.4) is 0 Å². The van der Waals surface area contributed by atoms with E-state index in [1.54, 1.807) is 4.90 Å². The first kappa shape index (κ1) is 15.7. The minimum absolute atomic E-state index is 0.0976. The zero-order valence-electron chi connectivity index (χ0n) is 13.3. The van der Waals surface area contributed by atoms with Crippen LogP contribution in [0.25, 0.3) is 0 Å². The van der Waals surface area contributed by atoms with Gasteiger partial charge in [-0.05, 0) is 43.5 Å². The van der Waals surface area contributed by atoms with Crippen molar-refractivity contribution < 1.29 is 9.59 Å². The Morgan fingerprint density at radius 2 is 2.04 bits per heavy atom. The van der Waals surface area contributed by atoms with Gasteiger partial charge in [0.1, 0.15) is 0 Å². The smallest absolute Gasteiger partial charge is 0.230 e. The molecule has 1 aliphatic heterocycles. The summed E-state index contributed by atoms with van der Waals surface area (Å²) in [5.74, 6) is 0.0187. The van der Waals surface area contributed by atoms with Crippen molar-refractivity contribution in [1.82, 2.24) is 4.98 Å². The second-order valence-corrected chi connectivity index (χ2v) is 6.71. The van der Waals surface area contributed by atoms with Gasteiger partial charge in [-0.15, -0.1) is 11.3 Å². The topological polar surface area (TPSA) is 62.3 Å². The van der Waals surface area contributed by atoms with Gasteiger partial charge in [-0.3, -0.25) is 14.5 Å². The molecule has 1 aromatic carbocycles. The Labute approximate surface area is 139 Å². The first-order chi connectivity index (χ1) is 11.0. The molecule has 0 unspecified atom stereocenters. The summed E-state index contributed by atoms with van der Waals surface area (Å²) in [7, 11) is 0. The van der Waals surface area contributed by atoms with Crippen molar-refractivity contribution in [2.45, 2.75) is 33.1 Å². The maximum atomic E-state index is 12.2. The Morgan fingerprint density at radius 1 is 1.30 bits per heavy atom. The van der Waals surface area contributed by atoms with E-state index in [9.17, 15) is 9.59 Å². The van der Waals surface area contributed by atoms with Crippen LogP contribution in [0.5, 0.6) is 0 Å². The average Bonchev–Trinajstić information content (AvgIpc) is 3.06. The van der Waals surface area contributed by atoms with Crippen molar-refractivity contribution >= 4 is 34.0 Å². The Hall–Kier alpha value is -2.21. The third-order valence-corrected chi connectivity index (χ3v) is 4.60. The number of aromatic nitrogens is 1. The van der Waals surface area contributed by atoms with Gasteiger partial charge in [0.2, 0.25) is 11.8 Å². The van der Waals surface area contributed by atoms with Gasteiger partial charge in [0.15, 0.2) is 5.13 Å². The number of benzene rings is 1. The van der Waals surface area contributed by atoms with E-state index >= 15 is 0 Å². The standard InChI is InChI=1S/C17H19N3O2S/c1-11-6-12(2)8-13(7-11)18-15(21)9-14-10-23-17(19-14)20-5-3-4-16(20)22/h6-8,10H,3-5,9H2,1-2H3,(H,18,21). The van der Waals surface area contributed by atoms with Gasteiger partial charge in [0, 0.05) is 24.0 Å². The highest BCUT2D eigenvalue weighted by Crippen LogP contribution is 2.25. The number of nitrogens with zero attached hydrogens (tertiary/aromatic N) is 2. The minimum Gasteiger partial charge on any atom is -0.326 e. The lowest BCUT2D eigenvalue weighted by Gasteiger charge is -2.10. The molecule has 1 saturated heterocycles. The average molecular weight is 329 g/mol. The van der Waals surface area contributed by atoms with Crippen LogP contribution in [0.4, 0.5) is 10.8 Å². The van der Waals surface area contributed by atoms with E-state index in [1.165, 1.54) is 11.3 Å². The number of hydrogen-bond donors (Lipinski definition) is 1. The Balaban J connectivity index is 1.64. The summed E-state index contributed by atoms with van der Waals surface area (Å²) in [6, 6.07) is 5.95. The Kier molecular flexibility index (Phi) is 4.43. The summed E-state index contributed by atoms with van der Waals surface area (Å²) in [4.78, 5) is 30.0. The van der Waals surface area contributed by atoms with E-state index in [-0.39, 0.29) is 18.2 Å². The number of hydrogen-bond acceptors (Lipinski definition) is 4. The summed E-state index contributed by atoms with van der Waals surface area (Å²) >= 11 is 1.42. The zero-order valence-corrected chi connectivity index (χ0v) is 14.1. The highest BCUT2D eigenvalue weighted by atomic mass is 32.1. The second kappa shape index (κ2) is 6.50. The number of anilines is 2. The van der Waals surface area contributed by atoms with Crippen molar-refractivity contribution in [2.75, 3.05) is 16.8 Å². The number of carbonyl (C=O) groups is 2. The molecule has 0 aliphatic carbocycles. The van der Waals surface area contributed by atoms with Crippen molar-refractivity contribution in [3.63, 3.8) is 0 Å². The van der Waals surface area contributed by atoms with E-state index in [1.807, 2.05) is 31.4 Å². The van der Waals surface area contributed by atoms with Gasteiger partial charge >= 0.3 is 0 Å². The molecule has 2 aromatic rings. The lowest BCUT2D eigenvalue weighted by molar-refractivity contribution is -0.117. The molecule has 5 nitrogen and oxygen atoms in total. The van der Waals surface area contributed by atoms with E-state index in [2.05, 4.69) is 16.4 Å². The molecular weight excluding hydrogens is 310 g/mol. The molecule has 1 aromatic heterocycles. The normalized spacial score (nSPS) is 14.3. The number of rotatable bonds is 4. The van der Waals surface area contributed by atoms with Crippen molar-refractivity contribution in [2.24, 2.45) is 0 Å². The molecule has 23 heavy (non-hydrogen) atoms. The number of aryl methyl sites for hydroxylation is 2. The van der Waals surface area contributed by atoms with Crippen LogP contribution in [0.2, 0.25) is 0 Å². The van der Waals surface area contributed by atoms with Gasteiger partial charge in [-0.2, -0.15) is 0 Å². The van der Waals surface area contributed by atoms with Crippen LogP contribution in [-0.4, -0.2) is 23.3 Å². The molecule has 1 N–H and O–H groups in total. The van der Waals surface area contributed by atoms with Crippen LogP contribution in [-0.2, 0) is 16.0 Å². The number of carbonyl (C=O) groups excluding carboxylic acids is 2. The monoisotopic (exact) mass is 329 g/mol. The molecular formula is C17H19N3O2S. The predicted octanol–water partition coefficient (Wildman–Crippen LogP) is 3.07. The third-order valence-electron chi connectivity index (χ3n) is 3.69. The third kappa shape index (κ3) is 3.76. The molecule has 0 spiro atoms. The molecule has 1 aliphatic rings. The molecule has 2 heterocycles. The number of amides is 2. The number of nitrogens with one attached hydrogen (secondary N) is 1. The predicted molar refractivity (Wildman–Crippen MR) is 92.0 cm³/mol. The van der Waals surface area contributed by atoms with Crippen molar-refractivity contribution in [3.05, 3.63) is 40.4 Å². The minimum atomic E-state index is -0.0976. The Bertz CT molecular complexity index is 734. The lowest BCUT2D eigenvalue weighted by atomic mass is 10.1. The molecule has 6 heteroatoms. The highest BCUT2D eigenvalue weighted by molar-refractivity contribution is 7.14. The summed E-state index contributed by atoms with van der Waals surface area (Å²) in [6.45, 7) is 4.73. The Morgan fingerprint density at radius 3 is 2.70 bits per heavy atom.